The Labute approximate surface area is 170 Å². The molecule has 1 amide bonds. The van der Waals surface area contributed by atoms with Gasteiger partial charge in [-0.3, -0.25) is 19.1 Å². The number of carbonyl (C=O) groups is 1. The van der Waals surface area contributed by atoms with E-state index in [0.717, 1.165) is 19.3 Å². The van der Waals surface area contributed by atoms with Gasteiger partial charge in [0.05, 0.1) is 0 Å². The number of nitrogens with one attached hydrogen (secondary N) is 1. The van der Waals surface area contributed by atoms with E-state index in [9.17, 15) is 14.4 Å². The lowest BCUT2D eigenvalue weighted by Gasteiger charge is -2.26. The third kappa shape index (κ3) is 4.28. The molecule has 1 heterocycles. The van der Waals surface area contributed by atoms with Gasteiger partial charge in [0.15, 0.2) is 5.69 Å². The van der Waals surface area contributed by atoms with Gasteiger partial charge in [-0.1, -0.05) is 33.8 Å². The number of hydrogen-bond acceptors (Lipinski definition) is 4. The molecule has 0 aliphatic heterocycles. The van der Waals surface area contributed by atoms with E-state index in [2.05, 4.69) is 4.98 Å². The summed E-state index contributed by atoms with van der Waals surface area (Å²) in [5.41, 5.74) is 8.12. The van der Waals surface area contributed by atoms with Crippen LogP contribution >= 0.6 is 0 Å². The van der Waals surface area contributed by atoms with Gasteiger partial charge in [-0.25, -0.2) is 4.79 Å². The summed E-state index contributed by atoms with van der Waals surface area (Å²) >= 11 is 0. The fourth-order valence-electron chi connectivity index (χ4n) is 3.89. The zero-order valence-electron chi connectivity index (χ0n) is 17.6. The van der Waals surface area contributed by atoms with Crippen LogP contribution in [0.2, 0.25) is 0 Å². The Morgan fingerprint density at radius 1 is 1.14 bits per heavy atom. The minimum atomic E-state index is -0.636. The molecular weight excluding hydrogens is 368 g/mol. The Morgan fingerprint density at radius 2 is 1.83 bits per heavy atom. The molecule has 1 aromatic heterocycles. The lowest BCUT2D eigenvalue weighted by Crippen LogP contribution is -2.43. The number of nitrogens with zero attached hydrogens (tertiary/aromatic N) is 2. The van der Waals surface area contributed by atoms with Gasteiger partial charge >= 0.3 is 5.69 Å². The summed E-state index contributed by atoms with van der Waals surface area (Å²) in [6.45, 7) is 8.53. The van der Waals surface area contributed by atoms with Gasteiger partial charge in [0.2, 0.25) is 0 Å². The molecule has 3 rings (SSSR count). The van der Waals surface area contributed by atoms with Crippen LogP contribution in [0.5, 0.6) is 0 Å². The lowest BCUT2D eigenvalue weighted by atomic mass is 10.0. The average molecular weight is 399 g/mol. The topological polar surface area (TPSA) is 101 Å². The van der Waals surface area contributed by atoms with Crippen molar-refractivity contribution in [1.29, 1.82) is 0 Å². The second-order valence-corrected chi connectivity index (χ2v) is 8.64. The van der Waals surface area contributed by atoms with Crippen molar-refractivity contribution in [2.75, 3.05) is 17.2 Å². The van der Waals surface area contributed by atoms with Crippen LogP contribution in [0.15, 0.2) is 27.8 Å². The summed E-state index contributed by atoms with van der Waals surface area (Å²) in [5.74, 6) is 0.0142. The highest BCUT2D eigenvalue weighted by molar-refractivity contribution is 6.07. The van der Waals surface area contributed by atoms with Gasteiger partial charge in [0.1, 0.15) is 5.82 Å². The quantitative estimate of drug-likeness (QED) is 0.781. The standard InChI is InChI=1S/C22H30N4O3/c1-13(2)11-25(21(28)17-9-8-15-6-5-7-16(15)10-17)18-19(23)26(12-14(3)4)22(29)24-20(18)27/h8-10,13-14H,5-7,11-12,23H2,1-4H3,(H,24,27,29). The zero-order valence-corrected chi connectivity index (χ0v) is 17.6. The molecule has 0 atom stereocenters. The molecular formula is C22H30N4O3. The van der Waals surface area contributed by atoms with E-state index in [1.807, 2.05) is 45.9 Å². The predicted octanol–water partition coefficient (Wildman–Crippen LogP) is 2.57. The molecule has 0 unspecified atom stereocenters. The number of fused-ring (bicyclic) bond motifs is 1. The largest absolute Gasteiger partial charge is 0.383 e. The minimum absolute atomic E-state index is 0.0302. The summed E-state index contributed by atoms with van der Waals surface area (Å²) in [4.78, 5) is 42.2. The van der Waals surface area contributed by atoms with Gasteiger partial charge in [0.25, 0.3) is 11.5 Å². The number of amides is 1. The lowest BCUT2D eigenvalue weighted by molar-refractivity contribution is 0.0983. The number of aromatic amines is 1. The summed E-state index contributed by atoms with van der Waals surface area (Å²) in [7, 11) is 0. The molecule has 3 N–H and O–H groups in total. The molecule has 1 aliphatic carbocycles. The molecule has 0 radical (unpaired) electrons. The van der Waals surface area contributed by atoms with Gasteiger partial charge < -0.3 is 10.6 Å². The first kappa shape index (κ1) is 20.9. The van der Waals surface area contributed by atoms with Gasteiger partial charge in [-0.15, -0.1) is 0 Å². The highest BCUT2D eigenvalue weighted by Gasteiger charge is 2.27. The van der Waals surface area contributed by atoms with E-state index in [0.29, 0.717) is 18.7 Å². The number of nitrogens with two attached hydrogens (primary N) is 1. The second-order valence-electron chi connectivity index (χ2n) is 8.64. The molecule has 29 heavy (non-hydrogen) atoms. The maximum absolute atomic E-state index is 13.4. The van der Waals surface area contributed by atoms with Gasteiger partial charge in [-0.2, -0.15) is 0 Å². The second kappa shape index (κ2) is 8.27. The van der Waals surface area contributed by atoms with Gasteiger partial charge in [-0.05, 0) is 54.4 Å². The van der Waals surface area contributed by atoms with Crippen molar-refractivity contribution in [3.05, 3.63) is 55.7 Å². The van der Waals surface area contributed by atoms with Crippen molar-refractivity contribution >= 4 is 17.4 Å². The maximum atomic E-state index is 13.4. The van der Waals surface area contributed by atoms with Crippen LogP contribution in [-0.4, -0.2) is 22.0 Å². The van der Waals surface area contributed by atoms with Gasteiger partial charge in [0, 0.05) is 18.7 Å². The highest BCUT2D eigenvalue weighted by Crippen LogP contribution is 2.26. The summed E-state index contributed by atoms with van der Waals surface area (Å²) in [6, 6.07) is 5.73. The monoisotopic (exact) mass is 398 g/mol. The van der Waals surface area contributed by atoms with E-state index < -0.39 is 11.2 Å². The summed E-state index contributed by atoms with van der Waals surface area (Å²) < 4.78 is 1.34. The summed E-state index contributed by atoms with van der Waals surface area (Å²) in [5, 5.41) is 0. The van der Waals surface area contributed by atoms with Crippen molar-refractivity contribution < 1.29 is 4.79 Å². The fourth-order valence-corrected chi connectivity index (χ4v) is 3.89. The normalized spacial score (nSPS) is 13.2. The number of aromatic nitrogens is 2. The van der Waals surface area contributed by atoms with Crippen LogP contribution in [-0.2, 0) is 19.4 Å². The van der Waals surface area contributed by atoms with E-state index in [4.69, 9.17) is 5.73 Å². The molecule has 0 spiro atoms. The Hall–Kier alpha value is -2.83. The van der Waals surface area contributed by atoms with Crippen LogP contribution < -0.4 is 21.9 Å². The van der Waals surface area contributed by atoms with Crippen molar-refractivity contribution in [2.45, 2.75) is 53.5 Å². The number of nitrogen functional groups attached to an aromatic ring is 1. The molecule has 1 aliphatic rings. The number of anilines is 2. The number of carbonyl (C=O) groups excluding carboxylic acids is 1. The molecule has 0 saturated carbocycles. The molecule has 0 bridgehead atoms. The fraction of sp³-hybridized carbons (Fsp3) is 0.500. The summed E-state index contributed by atoms with van der Waals surface area (Å²) in [6.07, 6.45) is 3.09. The molecule has 156 valence electrons. The van der Waals surface area contributed by atoms with E-state index >= 15 is 0 Å². The minimum Gasteiger partial charge on any atom is -0.383 e. The van der Waals surface area contributed by atoms with Crippen molar-refractivity contribution in [3.8, 4) is 0 Å². The van der Waals surface area contributed by atoms with Crippen LogP contribution in [0.4, 0.5) is 11.5 Å². The van der Waals surface area contributed by atoms with E-state index in [1.165, 1.54) is 20.6 Å². The molecule has 2 aromatic rings. The SMILES string of the molecule is CC(C)CN(C(=O)c1ccc2c(c1)CCC2)c1c(N)n(CC(C)C)c(=O)[nH]c1=O. The Kier molecular flexibility index (Phi) is 5.96. The Bertz CT molecular complexity index is 1030. The number of H-pyrrole nitrogens is 1. The number of hydrogen-bond donors (Lipinski definition) is 2. The maximum Gasteiger partial charge on any atom is 0.330 e. The first-order chi connectivity index (χ1) is 13.7. The molecule has 1 aromatic carbocycles. The third-order valence-corrected chi connectivity index (χ3v) is 5.17. The average Bonchev–Trinajstić information content (AvgIpc) is 3.10. The van der Waals surface area contributed by atoms with E-state index in [1.54, 1.807) is 0 Å². The number of benzene rings is 1. The predicted molar refractivity (Wildman–Crippen MR) is 116 cm³/mol. The van der Waals surface area contributed by atoms with E-state index in [-0.39, 0.29) is 29.2 Å². The first-order valence-corrected chi connectivity index (χ1v) is 10.2. The molecule has 7 nitrogen and oxygen atoms in total. The van der Waals surface area contributed by atoms with Crippen molar-refractivity contribution in [1.82, 2.24) is 9.55 Å². The Morgan fingerprint density at radius 3 is 2.48 bits per heavy atom. The number of aryl methyl sites for hydroxylation is 2. The van der Waals surface area contributed by atoms with Crippen molar-refractivity contribution in [2.24, 2.45) is 11.8 Å². The van der Waals surface area contributed by atoms with Crippen molar-refractivity contribution in [3.63, 3.8) is 0 Å². The number of rotatable bonds is 6. The van der Waals surface area contributed by atoms with Crippen LogP contribution in [0, 0.1) is 11.8 Å². The molecule has 7 heteroatoms. The highest BCUT2D eigenvalue weighted by atomic mass is 16.2. The van der Waals surface area contributed by atoms with Crippen LogP contribution in [0.25, 0.3) is 0 Å². The smallest absolute Gasteiger partial charge is 0.330 e. The first-order valence-electron chi connectivity index (χ1n) is 10.2. The van der Waals surface area contributed by atoms with Crippen LogP contribution in [0.1, 0.15) is 55.6 Å². The zero-order chi connectivity index (χ0) is 21.3. The third-order valence-electron chi connectivity index (χ3n) is 5.17. The molecule has 0 fully saturated rings. The van der Waals surface area contributed by atoms with Crippen LogP contribution in [0.3, 0.4) is 0 Å². The molecule has 0 saturated heterocycles. The Balaban J connectivity index is 2.11.